The molecular weight excluding hydrogens is 301 g/mol. The molecule has 0 atom stereocenters. The molecule has 1 amide bonds. The summed E-state index contributed by atoms with van der Waals surface area (Å²) in [4.78, 5) is 17.5. The van der Waals surface area contributed by atoms with E-state index in [0.717, 1.165) is 0 Å². The number of pyridine rings is 1. The Bertz CT molecular complexity index is 513. The van der Waals surface area contributed by atoms with E-state index < -0.39 is 24.3 Å². The van der Waals surface area contributed by atoms with Crippen LogP contribution < -0.4 is 4.74 Å². The number of carbonyl (C=O) groups is 1. The third-order valence-electron chi connectivity index (χ3n) is 2.61. The van der Waals surface area contributed by atoms with Crippen molar-refractivity contribution in [3.05, 3.63) is 24.0 Å². The van der Waals surface area contributed by atoms with Crippen LogP contribution in [0.25, 0.3) is 0 Å². The van der Waals surface area contributed by atoms with E-state index in [9.17, 15) is 23.1 Å². The van der Waals surface area contributed by atoms with E-state index in [1.54, 1.807) is 6.92 Å². The van der Waals surface area contributed by atoms with Crippen molar-refractivity contribution in [1.82, 2.24) is 9.88 Å². The van der Waals surface area contributed by atoms with Crippen LogP contribution >= 0.6 is 0 Å². The lowest BCUT2D eigenvalue weighted by Crippen LogP contribution is -2.42. The fourth-order valence-electron chi connectivity index (χ4n) is 1.77. The summed E-state index contributed by atoms with van der Waals surface area (Å²) >= 11 is 0. The summed E-state index contributed by atoms with van der Waals surface area (Å²) in [5.41, 5.74) is -1.34. The Labute approximate surface area is 126 Å². The minimum absolute atomic E-state index is 0.0254. The summed E-state index contributed by atoms with van der Waals surface area (Å²) < 4.78 is 41.4. The number of alkyl halides is 3. The van der Waals surface area contributed by atoms with Crippen LogP contribution in [0.15, 0.2) is 18.3 Å². The van der Waals surface area contributed by atoms with E-state index in [2.05, 4.69) is 9.72 Å². The fourth-order valence-corrected chi connectivity index (χ4v) is 1.77. The van der Waals surface area contributed by atoms with Crippen molar-refractivity contribution in [2.75, 3.05) is 19.7 Å². The van der Waals surface area contributed by atoms with Gasteiger partial charge in [0.25, 0.3) is 5.91 Å². The molecule has 0 aromatic carbocycles. The lowest BCUT2D eigenvalue weighted by molar-refractivity contribution is -0.153. The van der Waals surface area contributed by atoms with Crippen LogP contribution in [0.5, 0.6) is 5.75 Å². The summed E-state index contributed by atoms with van der Waals surface area (Å²) in [6.07, 6.45) is -3.21. The monoisotopic (exact) mass is 320 g/mol. The molecule has 0 radical (unpaired) electrons. The normalized spacial score (nSPS) is 12.1. The van der Waals surface area contributed by atoms with Crippen LogP contribution in [0.4, 0.5) is 13.2 Å². The number of hydrogen-bond acceptors (Lipinski definition) is 4. The molecule has 0 spiro atoms. The molecule has 124 valence electrons. The van der Waals surface area contributed by atoms with Gasteiger partial charge in [0.15, 0.2) is 18.1 Å². The maximum absolute atomic E-state index is 12.4. The third-order valence-corrected chi connectivity index (χ3v) is 2.61. The molecule has 0 aliphatic heterocycles. The van der Waals surface area contributed by atoms with E-state index in [-0.39, 0.29) is 24.5 Å². The zero-order valence-corrected chi connectivity index (χ0v) is 12.6. The molecule has 1 heterocycles. The highest BCUT2D eigenvalue weighted by Crippen LogP contribution is 2.22. The number of halogens is 3. The molecule has 1 N–H and O–H groups in total. The van der Waals surface area contributed by atoms with Gasteiger partial charge in [-0.05, 0) is 32.9 Å². The second-order valence-corrected chi connectivity index (χ2v) is 5.39. The highest BCUT2D eigenvalue weighted by atomic mass is 19.4. The average molecular weight is 320 g/mol. The van der Waals surface area contributed by atoms with E-state index in [1.165, 1.54) is 37.1 Å². The Balaban J connectivity index is 2.97. The van der Waals surface area contributed by atoms with Crippen molar-refractivity contribution in [2.24, 2.45) is 0 Å². The molecule has 1 aromatic heterocycles. The first-order valence-corrected chi connectivity index (χ1v) is 6.69. The number of ether oxygens (including phenoxy) is 1. The molecule has 0 fully saturated rings. The zero-order valence-electron chi connectivity index (χ0n) is 12.6. The van der Waals surface area contributed by atoms with Gasteiger partial charge < -0.3 is 14.7 Å². The molecule has 1 aromatic rings. The Morgan fingerprint density at radius 1 is 1.41 bits per heavy atom. The standard InChI is InChI=1S/C14H19F3N2O3/c1-4-19(8-13(2,3)21)12(20)11-10(6-5-7-18-11)22-9-14(15,16)17/h5-7,21H,4,8-9H2,1-3H3. The number of nitrogens with zero attached hydrogens (tertiary/aromatic N) is 2. The molecule has 5 nitrogen and oxygen atoms in total. The number of hydrogen-bond donors (Lipinski definition) is 1. The Kier molecular flexibility index (Phi) is 5.76. The van der Waals surface area contributed by atoms with Gasteiger partial charge in [0.2, 0.25) is 0 Å². The minimum atomic E-state index is -4.51. The number of likely N-dealkylation sites (N-methyl/N-ethyl adjacent to an activating group) is 1. The average Bonchev–Trinajstić information content (AvgIpc) is 2.40. The van der Waals surface area contributed by atoms with Gasteiger partial charge in [0.1, 0.15) is 0 Å². The molecule has 1 rings (SSSR count). The summed E-state index contributed by atoms with van der Waals surface area (Å²) in [6, 6.07) is 2.64. The van der Waals surface area contributed by atoms with Crippen LogP contribution in [-0.4, -0.2) is 52.4 Å². The lowest BCUT2D eigenvalue weighted by Gasteiger charge is -2.28. The van der Waals surface area contributed by atoms with E-state index >= 15 is 0 Å². The first-order chi connectivity index (χ1) is 10.0. The maximum atomic E-state index is 12.4. The van der Waals surface area contributed by atoms with E-state index in [0.29, 0.717) is 0 Å². The number of aliphatic hydroxyl groups is 1. The van der Waals surface area contributed by atoms with Gasteiger partial charge in [-0.3, -0.25) is 4.79 Å². The van der Waals surface area contributed by atoms with Crippen molar-refractivity contribution in [3.8, 4) is 5.75 Å². The Morgan fingerprint density at radius 3 is 2.55 bits per heavy atom. The third kappa shape index (κ3) is 5.88. The topological polar surface area (TPSA) is 62.7 Å². The van der Waals surface area contributed by atoms with Crippen LogP contribution in [0.1, 0.15) is 31.3 Å². The Morgan fingerprint density at radius 2 is 2.05 bits per heavy atom. The van der Waals surface area contributed by atoms with Crippen molar-refractivity contribution >= 4 is 5.91 Å². The van der Waals surface area contributed by atoms with Gasteiger partial charge in [-0.25, -0.2) is 4.98 Å². The van der Waals surface area contributed by atoms with Gasteiger partial charge >= 0.3 is 6.18 Å². The van der Waals surface area contributed by atoms with Crippen LogP contribution in [0.2, 0.25) is 0 Å². The second kappa shape index (κ2) is 6.95. The highest BCUT2D eigenvalue weighted by Gasteiger charge is 2.30. The van der Waals surface area contributed by atoms with Gasteiger partial charge in [0.05, 0.1) is 5.60 Å². The van der Waals surface area contributed by atoms with Gasteiger partial charge in [-0.2, -0.15) is 13.2 Å². The van der Waals surface area contributed by atoms with Crippen LogP contribution in [0, 0.1) is 0 Å². The van der Waals surface area contributed by atoms with Gasteiger partial charge in [0, 0.05) is 19.3 Å². The molecule has 0 saturated heterocycles. The Hall–Kier alpha value is -1.83. The largest absolute Gasteiger partial charge is 0.482 e. The minimum Gasteiger partial charge on any atom is -0.482 e. The van der Waals surface area contributed by atoms with Crippen LogP contribution in [0.3, 0.4) is 0 Å². The first kappa shape index (κ1) is 18.2. The quantitative estimate of drug-likeness (QED) is 0.873. The van der Waals surface area contributed by atoms with Crippen molar-refractivity contribution in [1.29, 1.82) is 0 Å². The van der Waals surface area contributed by atoms with Gasteiger partial charge in [-0.15, -0.1) is 0 Å². The molecule has 0 unspecified atom stereocenters. The molecule has 0 aliphatic rings. The maximum Gasteiger partial charge on any atom is 0.422 e. The van der Waals surface area contributed by atoms with Crippen molar-refractivity contribution in [2.45, 2.75) is 32.5 Å². The molecule has 8 heteroatoms. The predicted octanol–water partition coefficient (Wildman–Crippen LogP) is 2.26. The number of aromatic nitrogens is 1. The second-order valence-electron chi connectivity index (χ2n) is 5.39. The number of carbonyl (C=O) groups excluding carboxylic acids is 1. The number of amides is 1. The molecule has 0 aliphatic carbocycles. The fraction of sp³-hybridized carbons (Fsp3) is 0.571. The first-order valence-electron chi connectivity index (χ1n) is 6.69. The summed E-state index contributed by atoms with van der Waals surface area (Å²) in [5.74, 6) is -0.832. The molecule has 0 bridgehead atoms. The van der Waals surface area contributed by atoms with Crippen molar-refractivity contribution < 1.29 is 27.8 Å². The van der Waals surface area contributed by atoms with E-state index in [1.807, 2.05) is 0 Å². The SMILES string of the molecule is CCN(CC(C)(C)O)C(=O)c1ncccc1OCC(F)(F)F. The molecule has 22 heavy (non-hydrogen) atoms. The lowest BCUT2D eigenvalue weighted by atomic mass is 10.1. The zero-order chi connectivity index (χ0) is 17.0. The van der Waals surface area contributed by atoms with Gasteiger partial charge in [-0.1, -0.05) is 0 Å². The predicted molar refractivity (Wildman–Crippen MR) is 73.7 cm³/mol. The molecule has 0 saturated carbocycles. The molecular formula is C14H19F3N2O3. The summed E-state index contributed by atoms with van der Waals surface area (Å²) in [7, 11) is 0. The van der Waals surface area contributed by atoms with Crippen molar-refractivity contribution in [3.63, 3.8) is 0 Å². The summed E-state index contributed by atoms with van der Waals surface area (Å²) in [6.45, 7) is 3.56. The highest BCUT2D eigenvalue weighted by molar-refractivity contribution is 5.95. The smallest absolute Gasteiger partial charge is 0.422 e. The van der Waals surface area contributed by atoms with Crippen LogP contribution in [-0.2, 0) is 0 Å². The van der Waals surface area contributed by atoms with E-state index in [4.69, 9.17) is 0 Å². The number of rotatable bonds is 6. The summed E-state index contributed by atoms with van der Waals surface area (Å²) in [5, 5.41) is 9.80.